The second-order valence-corrected chi connectivity index (χ2v) is 4.19. The lowest BCUT2D eigenvalue weighted by atomic mass is 10.1. The van der Waals surface area contributed by atoms with Crippen LogP contribution in [0.2, 0.25) is 0 Å². The normalized spacial score (nSPS) is 10.5. The van der Waals surface area contributed by atoms with Crippen LogP contribution in [-0.2, 0) is 4.79 Å². The fraction of sp³-hybridized carbons (Fsp3) is 0.0667. The van der Waals surface area contributed by atoms with Crippen LogP contribution < -0.4 is 4.90 Å². The number of hydrogen-bond donors (Lipinski definition) is 1. The lowest BCUT2D eigenvalue weighted by Crippen LogP contribution is -2.27. The van der Waals surface area contributed by atoms with Crippen LogP contribution in [0, 0.1) is 0 Å². The number of pyridine rings is 2. The number of carboxylic acids is 1. The van der Waals surface area contributed by atoms with E-state index in [0.717, 1.165) is 6.08 Å². The second kappa shape index (κ2) is 6.42. The highest BCUT2D eigenvalue weighted by Gasteiger charge is 2.17. The van der Waals surface area contributed by atoms with Crippen molar-refractivity contribution in [2.45, 2.75) is 0 Å². The summed E-state index contributed by atoms with van der Waals surface area (Å²) in [5.74, 6) is -1.42. The van der Waals surface area contributed by atoms with Gasteiger partial charge in [-0.05, 0) is 24.3 Å². The number of rotatable bonds is 4. The van der Waals surface area contributed by atoms with Crippen LogP contribution in [0.25, 0.3) is 6.08 Å². The Hall–Kier alpha value is -3.02. The summed E-state index contributed by atoms with van der Waals surface area (Å²) in [6.45, 7) is 0. The van der Waals surface area contributed by atoms with Gasteiger partial charge in [-0.15, -0.1) is 0 Å². The van der Waals surface area contributed by atoms with Crippen LogP contribution in [-0.4, -0.2) is 34.0 Å². The van der Waals surface area contributed by atoms with E-state index in [1.54, 1.807) is 43.7 Å². The molecule has 2 aromatic rings. The van der Waals surface area contributed by atoms with E-state index in [4.69, 9.17) is 5.11 Å². The predicted octanol–water partition coefficient (Wildman–Crippen LogP) is 1.85. The number of hydrogen-bond acceptors (Lipinski definition) is 4. The first kappa shape index (κ1) is 14.4. The number of nitrogens with zero attached hydrogens (tertiary/aromatic N) is 3. The van der Waals surface area contributed by atoms with Gasteiger partial charge in [0.05, 0.1) is 11.9 Å². The molecule has 0 bridgehead atoms. The van der Waals surface area contributed by atoms with E-state index in [0.29, 0.717) is 11.3 Å². The van der Waals surface area contributed by atoms with Crippen LogP contribution in [0.3, 0.4) is 0 Å². The molecule has 0 aliphatic heterocycles. The molecule has 106 valence electrons. The maximum Gasteiger partial charge on any atom is 0.328 e. The summed E-state index contributed by atoms with van der Waals surface area (Å²) < 4.78 is 0. The summed E-state index contributed by atoms with van der Waals surface area (Å²) in [6.07, 6.45) is 6.98. The second-order valence-electron chi connectivity index (χ2n) is 4.19. The van der Waals surface area contributed by atoms with Gasteiger partial charge in [-0.1, -0.05) is 6.07 Å². The zero-order valence-corrected chi connectivity index (χ0v) is 11.3. The number of carbonyl (C=O) groups is 2. The van der Waals surface area contributed by atoms with E-state index < -0.39 is 5.97 Å². The highest BCUT2D eigenvalue weighted by molar-refractivity contribution is 6.06. The van der Waals surface area contributed by atoms with Gasteiger partial charge in [0.1, 0.15) is 5.69 Å². The molecule has 6 heteroatoms. The standard InChI is InChI=1S/C15H13N3O3/c1-18(12-5-3-8-16-10-12)15(21)14-11(4-2-9-17-14)6-7-13(19)20/h2-10H,1H3,(H,19,20)/b7-6+. The fourth-order valence-corrected chi connectivity index (χ4v) is 1.72. The van der Waals surface area contributed by atoms with Gasteiger partial charge in [0.15, 0.2) is 0 Å². The first-order chi connectivity index (χ1) is 10.1. The molecule has 0 spiro atoms. The Morgan fingerprint density at radius 3 is 2.67 bits per heavy atom. The lowest BCUT2D eigenvalue weighted by Gasteiger charge is -2.17. The highest BCUT2D eigenvalue weighted by Crippen LogP contribution is 2.15. The Morgan fingerprint density at radius 1 is 1.24 bits per heavy atom. The average molecular weight is 283 g/mol. The van der Waals surface area contributed by atoms with Crippen LogP contribution in [0.1, 0.15) is 16.1 Å². The number of aromatic nitrogens is 2. The molecule has 0 unspecified atom stereocenters. The molecule has 0 aromatic carbocycles. The molecule has 2 aromatic heterocycles. The van der Waals surface area contributed by atoms with Crippen molar-refractivity contribution in [3.05, 3.63) is 60.2 Å². The smallest absolute Gasteiger partial charge is 0.328 e. The summed E-state index contributed by atoms with van der Waals surface area (Å²) in [7, 11) is 1.61. The molecular formula is C15H13N3O3. The molecule has 0 aliphatic carbocycles. The Bertz CT molecular complexity index is 684. The van der Waals surface area contributed by atoms with Gasteiger partial charge in [0.25, 0.3) is 5.91 Å². The largest absolute Gasteiger partial charge is 0.478 e. The maximum atomic E-state index is 12.5. The van der Waals surface area contributed by atoms with E-state index in [9.17, 15) is 9.59 Å². The molecule has 1 amide bonds. The van der Waals surface area contributed by atoms with Crippen molar-refractivity contribution in [2.75, 3.05) is 11.9 Å². The molecule has 0 atom stereocenters. The molecular weight excluding hydrogens is 270 g/mol. The van der Waals surface area contributed by atoms with Gasteiger partial charge in [-0.3, -0.25) is 14.8 Å². The molecule has 2 heterocycles. The third-order valence-electron chi connectivity index (χ3n) is 2.78. The summed E-state index contributed by atoms with van der Waals surface area (Å²) >= 11 is 0. The SMILES string of the molecule is CN(C(=O)c1ncccc1/C=C/C(=O)O)c1cccnc1. The first-order valence-corrected chi connectivity index (χ1v) is 6.13. The molecule has 0 aliphatic rings. The minimum Gasteiger partial charge on any atom is -0.478 e. The van der Waals surface area contributed by atoms with Crippen molar-refractivity contribution in [1.29, 1.82) is 0 Å². The minimum atomic E-state index is -1.09. The molecule has 21 heavy (non-hydrogen) atoms. The summed E-state index contributed by atoms with van der Waals surface area (Å²) in [5, 5.41) is 8.68. The Morgan fingerprint density at radius 2 is 2.00 bits per heavy atom. The van der Waals surface area contributed by atoms with Crippen LogP contribution in [0.5, 0.6) is 0 Å². The van der Waals surface area contributed by atoms with Crippen molar-refractivity contribution < 1.29 is 14.7 Å². The Labute approximate surface area is 121 Å². The average Bonchev–Trinajstić information content (AvgIpc) is 2.52. The topological polar surface area (TPSA) is 83.4 Å². The van der Waals surface area contributed by atoms with Crippen LogP contribution >= 0.6 is 0 Å². The number of carboxylic acid groups (broad SMARTS) is 1. The van der Waals surface area contributed by atoms with E-state index in [2.05, 4.69) is 9.97 Å². The number of aliphatic carboxylic acids is 1. The van der Waals surface area contributed by atoms with Gasteiger partial charge in [-0.2, -0.15) is 0 Å². The molecule has 6 nitrogen and oxygen atoms in total. The number of carbonyl (C=O) groups excluding carboxylic acids is 1. The fourth-order valence-electron chi connectivity index (χ4n) is 1.72. The van der Waals surface area contributed by atoms with Gasteiger partial charge in [0.2, 0.25) is 0 Å². The summed E-state index contributed by atoms with van der Waals surface area (Å²) in [4.78, 5) is 32.5. The Kier molecular flexibility index (Phi) is 4.40. The molecule has 2 rings (SSSR count). The van der Waals surface area contributed by atoms with Crippen LogP contribution in [0.15, 0.2) is 48.9 Å². The van der Waals surface area contributed by atoms with Gasteiger partial charge in [0, 0.05) is 31.1 Å². The van der Waals surface area contributed by atoms with E-state index in [1.165, 1.54) is 17.2 Å². The van der Waals surface area contributed by atoms with E-state index >= 15 is 0 Å². The number of amides is 1. The zero-order valence-electron chi connectivity index (χ0n) is 11.3. The third-order valence-corrected chi connectivity index (χ3v) is 2.78. The number of anilines is 1. The molecule has 1 N–H and O–H groups in total. The van der Waals surface area contributed by atoms with E-state index in [1.807, 2.05) is 0 Å². The van der Waals surface area contributed by atoms with Crippen molar-refractivity contribution >= 4 is 23.6 Å². The Balaban J connectivity index is 2.33. The molecule has 0 saturated heterocycles. The van der Waals surface area contributed by atoms with Crippen LogP contribution in [0.4, 0.5) is 5.69 Å². The maximum absolute atomic E-state index is 12.5. The minimum absolute atomic E-state index is 0.182. The third kappa shape index (κ3) is 3.50. The van der Waals surface area contributed by atoms with Gasteiger partial charge >= 0.3 is 5.97 Å². The highest BCUT2D eigenvalue weighted by atomic mass is 16.4. The molecule has 0 saturated carbocycles. The van der Waals surface area contributed by atoms with Crippen molar-refractivity contribution in [2.24, 2.45) is 0 Å². The van der Waals surface area contributed by atoms with Crippen molar-refractivity contribution in [3.8, 4) is 0 Å². The van der Waals surface area contributed by atoms with Gasteiger partial charge in [-0.25, -0.2) is 4.79 Å². The van der Waals surface area contributed by atoms with Crippen molar-refractivity contribution in [3.63, 3.8) is 0 Å². The monoisotopic (exact) mass is 283 g/mol. The first-order valence-electron chi connectivity index (χ1n) is 6.13. The predicted molar refractivity (Wildman–Crippen MR) is 77.9 cm³/mol. The molecule has 0 radical (unpaired) electrons. The van der Waals surface area contributed by atoms with Crippen molar-refractivity contribution in [1.82, 2.24) is 9.97 Å². The van der Waals surface area contributed by atoms with Gasteiger partial charge < -0.3 is 10.0 Å². The molecule has 0 fully saturated rings. The quantitative estimate of drug-likeness (QED) is 0.866. The summed E-state index contributed by atoms with van der Waals surface area (Å²) in [6, 6.07) is 6.75. The summed E-state index contributed by atoms with van der Waals surface area (Å²) in [5.41, 5.74) is 1.25. The zero-order chi connectivity index (χ0) is 15.2. The van der Waals surface area contributed by atoms with E-state index in [-0.39, 0.29) is 11.6 Å². The lowest BCUT2D eigenvalue weighted by molar-refractivity contribution is -0.131.